The van der Waals surface area contributed by atoms with Gasteiger partial charge in [0.2, 0.25) is 0 Å². The molecule has 0 fully saturated rings. The second-order valence-corrected chi connectivity index (χ2v) is 5.44. The van der Waals surface area contributed by atoms with Gasteiger partial charge in [-0.25, -0.2) is 4.99 Å². The van der Waals surface area contributed by atoms with Gasteiger partial charge in [0.15, 0.2) is 5.96 Å². The molecule has 0 bridgehead atoms. The molecule has 4 heteroatoms. The molecular weight excluding hydrogens is 250 g/mol. The van der Waals surface area contributed by atoms with Crippen LogP contribution >= 0.6 is 0 Å². The number of nitrogens with zero attached hydrogens (tertiary/aromatic N) is 1. The minimum absolute atomic E-state index is 0.487. The lowest BCUT2D eigenvalue weighted by atomic mass is 10.1. The molecule has 0 unspecified atom stereocenters. The Balaban J connectivity index is 2.68. The van der Waals surface area contributed by atoms with Gasteiger partial charge in [-0.2, -0.15) is 0 Å². The minimum Gasteiger partial charge on any atom is -0.493 e. The van der Waals surface area contributed by atoms with Gasteiger partial charge in [-0.05, 0) is 30.9 Å². The van der Waals surface area contributed by atoms with E-state index < -0.39 is 0 Å². The predicted molar refractivity (Wildman–Crippen MR) is 85.1 cm³/mol. The third kappa shape index (κ3) is 5.95. The van der Waals surface area contributed by atoms with E-state index in [1.807, 2.05) is 0 Å². The van der Waals surface area contributed by atoms with Crippen LogP contribution in [0.4, 0.5) is 0 Å². The molecule has 20 heavy (non-hydrogen) atoms. The van der Waals surface area contributed by atoms with Crippen LogP contribution < -0.4 is 15.8 Å². The molecule has 4 nitrogen and oxygen atoms in total. The molecule has 0 aliphatic carbocycles. The molecule has 1 aromatic carbocycles. The lowest BCUT2D eigenvalue weighted by Crippen LogP contribution is -2.34. The zero-order valence-corrected chi connectivity index (χ0v) is 13.1. The fourth-order valence-corrected chi connectivity index (χ4v) is 1.67. The molecule has 0 aliphatic rings. The van der Waals surface area contributed by atoms with Gasteiger partial charge in [0, 0.05) is 12.1 Å². The number of ether oxygens (including phenoxy) is 1. The van der Waals surface area contributed by atoms with Gasteiger partial charge in [0.25, 0.3) is 0 Å². The van der Waals surface area contributed by atoms with Crippen LogP contribution in [-0.4, -0.2) is 19.1 Å². The lowest BCUT2D eigenvalue weighted by molar-refractivity contribution is 0.314. The highest BCUT2D eigenvalue weighted by Gasteiger charge is 2.04. The number of aryl methyl sites for hydroxylation is 1. The number of hydrogen-bond donors (Lipinski definition) is 2. The van der Waals surface area contributed by atoms with Crippen LogP contribution in [0.15, 0.2) is 23.2 Å². The van der Waals surface area contributed by atoms with Crippen molar-refractivity contribution < 1.29 is 4.74 Å². The highest BCUT2D eigenvalue weighted by Crippen LogP contribution is 2.21. The summed E-state index contributed by atoms with van der Waals surface area (Å²) < 4.78 is 5.77. The highest BCUT2D eigenvalue weighted by atomic mass is 16.5. The van der Waals surface area contributed by atoms with E-state index in [9.17, 15) is 0 Å². The van der Waals surface area contributed by atoms with Crippen molar-refractivity contribution in [2.45, 2.75) is 40.7 Å². The molecule has 0 aliphatic heterocycles. The first-order valence-corrected chi connectivity index (χ1v) is 7.29. The summed E-state index contributed by atoms with van der Waals surface area (Å²) >= 11 is 0. The van der Waals surface area contributed by atoms with E-state index in [0.29, 0.717) is 18.4 Å². The monoisotopic (exact) mass is 277 g/mol. The maximum absolute atomic E-state index is 5.85. The van der Waals surface area contributed by atoms with E-state index in [1.54, 1.807) is 0 Å². The molecule has 0 spiro atoms. The van der Waals surface area contributed by atoms with E-state index in [-0.39, 0.29) is 0 Å². The lowest BCUT2D eigenvalue weighted by Gasteiger charge is -2.11. The Morgan fingerprint density at radius 3 is 2.80 bits per heavy atom. The summed E-state index contributed by atoms with van der Waals surface area (Å²) in [5, 5.41) is 3.11. The minimum atomic E-state index is 0.487. The van der Waals surface area contributed by atoms with E-state index in [2.05, 4.69) is 56.2 Å². The van der Waals surface area contributed by atoms with Crippen molar-refractivity contribution in [2.75, 3.05) is 13.2 Å². The van der Waals surface area contributed by atoms with Gasteiger partial charge in [0.1, 0.15) is 5.75 Å². The Kier molecular flexibility index (Phi) is 6.91. The fourth-order valence-electron chi connectivity index (χ4n) is 1.67. The molecule has 0 atom stereocenters. The van der Waals surface area contributed by atoms with Gasteiger partial charge in [-0.1, -0.05) is 32.9 Å². The third-order valence-electron chi connectivity index (χ3n) is 2.80. The Morgan fingerprint density at radius 2 is 2.15 bits per heavy atom. The SMILES string of the molecule is CCCOc1cc(C)ccc1CN=C(N)NCC(C)C. The Hall–Kier alpha value is -1.71. The maximum atomic E-state index is 5.85. The van der Waals surface area contributed by atoms with E-state index >= 15 is 0 Å². The topological polar surface area (TPSA) is 59.6 Å². The molecular formula is C16H27N3O. The molecule has 0 saturated heterocycles. The second kappa shape index (κ2) is 8.46. The number of rotatable bonds is 7. The quantitative estimate of drug-likeness (QED) is 0.595. The number of aliphatic imine (C=N–C) groups is 1. The zero-order valence-electron chi connectivity index (χ0n) is 13.1. The molecule has 3 N–H and O–H groups in total. The standard InChI is InChI=1S/C16H27N3O/c1-5-8-20-15-9-13(4)6-7-14(15)11-19-16(17)18-10-12(2)3/h6-7,9,12H,5,8,10-11H2,1-4H3,(H3,17,18,19). The Morgan fingerprint density at radius 1 is 1.40 bits per heavy atom. The van der Waals surface area contributed by atoms with Gasteiger partial charge in [-0.15, -0.1) is 0 Å². The van der Waals surface area contributed by atoms with Crippen molar-refractivity contribution >= 4 is 5.96 Å². The Labute approximate surface area is 122 Å². The third-order valence-corrected chi connectivity index (χ3v) is 2.80. The first-order chi connectivity index (χ1) is 9.52. The zero-order chi connectivity index (χ0) is 15.0. The highest BCUT2D eigenvalue weighted by molar-refractivity contribution is 5.77. The second-order valence-electron chi connectivity index (χ2n) is 5.44. The molecule has 0 saturated carbocycles. The predicted octanol–water partition coefficient (Wildman–Crippen LogP) is 2.84. The first-order valence-electron chi connectivity index (χ1n) is 7.29. The molecule has 0 radical (unpaired) electrons. The van der Waals surface area contributed by atoms with Crippen molar-refractivity contribution in [2.24, 2.45) is 16.6 Å². The van der Waals surface area contributed by atoms with E-state index in [0.717, 1.165) is 30.9 Å². The fraction of sp³-hybridized carbons (Fsp3) is 0.562. The van der Waals surface area contributed by atoms with Gasteiger partial charge in [-0.3, -0.25) is 0 Å². The van der Waals surface area contributed by atoms with Crippen LogP contribution in [0, 0.1) is 12.8 Å². The number of benzene rings is 1. The smallest absolute Gasteiger partial charge is 0.188 e. The van der Waals surface area contributed by atoms with E-state index in [4.69, 9.17) is 10.5 Å². The molecule has 0 amide bonds. The summed E-state index contributed by atoms with van der Waals surface area (Å²) in [5.41, 5.74) is 8.11. The molecule has 1 rings (SSSR count). The molecule has 0 heterocycles. The van der Waals surface area contributed by atoms with Crippen LogP contribution in [0.1, 0.15) is 38.3 Å². The van der Waals surface area contributed by atoms with Crippen molar-refractivity contribution in [3.8, 4) is 5.75 Å². The summed E-state index contributed by atoms with van der Waals surface area (Å²) in [4.78, 5) is 4.37. The largest absolute Gasteiger partial charge is 0.493 e. The van der Waals surface area contributed by atoms with Crippen LogP contribution in [0.2, 0.25) is 0 Å². The van der Waals surface area contributed by atoms with Crippen LogP contribution in [0.25, 0.3) is 0 Å². The number of guanidine groups is 1. The summed E-state index contributed by atoms with van der Waals surface area (Å²) in [6.07, 6.45) is 0.995. The summed E-state index contributed by atoms with van der Waals surface area (Å²) in [5.74, 6) is 1.94. The van der Waals surface area contributed by atoms with Gasteiger partial charge in [0.05, 0.1) is 13.2 Å². The molecule has 1 aromatic rings. The van der Waals surface area contributed by atoms with Crippen molar-refractivity contribution in [3.63, 3.8) is 0 Å². The van der Waals surface area contributed by atoms with Crippen molar-refractivity contribution in [3.05, 3.63) is 29.3 Å². The van der Waals surface area contributed by atoms with Crippen LogP contribution in [-0.2, 0) is 6.54 Å². The molecule has 0 aromatic heterocycles. The van der Waals surface area contributed by atoms with Crippen molar-refractivity contribution in [1.82, 2.24) is 5.32 Å². The maximum Gasteiger partial charge on any atom is 0.188 e. The van der Waals surface area contributed by atoms with Crippen LogP contribution in [0.3, 0.4) is 0 Å². The molecule has 112 valence electrons. The number of nitrogens with one attached hydrogen (secondary N) is 1. The van der Waals surface area contributed by atoms with Crippen molar-refractivity contribution in [1.29, 1.82) is 0 Å². The number of nitrogens with two attached hydrogens (primary N) is 1. The van der Waals surface area contributed by atoms with Gasteiger partial charge >= 0.3 is 0 Å². The average Bonchev–Trinajstić information content (AvgIpc) is 2.41. The summed E-state index contributed by atoms with van der Waals surface area (Å²) in [7, 11) is 0. The average molecular weight is 277 g/mol. The summed E-state index contributed by atoms with van der Waals surface area (Å²) in [6, 6.07) is 6.18. The normalized spacial score (nSPS) is 11.8. The van der Waals surface area contributed by atoms with Gasteiger partial charge < -0.3 is 15.8 Å². The van der Waals surface area contributed by atoms with Crippen LogP contribution in [0.5, 0.6) is 5.75 Å². The first kappa shape index (κ1) is 16.3. The number of hydrogen-bond acceptors (Lipinski definition) is 2. The van der Waals surface area contributed by atoms with E-state index in [1.165, 1.54) is 5.56 Å². The Bertz CT molecular complexity index is 441. The summed E-state index contributed by atoms with van der Waals surface area (Å²) in [6.45, 7) is 10.5.